The summed E-state index contributed by atoms with van der Waals surface area (Å²) in [6.45, 7) is 5.88. The molecule has 2 aliphatic carbocycles. The molecular formula is C31H31N3O4. The summed E-state index contributed by atoms with van der Waals surface area (Å²) in [5.41, 5.74) is 3.94. The van der Waals surface area contributed by atoms with Gasteiger partial charge in [-0.1, -0.05) is 66.3 Å². The molecule has 3 aromatic rings. The average molecular weight is 510 g/mol. The summed E-state index contributed by atoms with van der Waals surface area (Å²) < 4.78 is 0. The number of benzene rings is 3. The maximum absolute atomic E-state index is 13.7. The number of aryl methyl sites for hydroxylation is 3. The van der Waals surface area contributed by atoms with Crippen LogP contribution in [-0.4, -0.2) is 29.1 Å². The molecule has 38 heavy (non-hydrogen) atoms. The van der Waals surface area contributed by atoms with E-state index in [4.69, 9.17) is 0 Å². The van der Waals surface area contributed by atoms with Crippen LogP contribution >= 0.6 is 0 Å². The summed E-state index contributed by atoms with van der Waals surface area (Å²) in [7, 11) is 0. The van der Waals surface area contributed by atoms with Crippen molar-refractivity contribution in [3.63, 3.8) is 0 Å². The Kier molecular flexibility index (Phi) is 6.53. The van der Waals surface area contributed by atoms with Crippen LogP contribution in [0.25, 0.3) is 10.8 Å². The maximum Gasteiger partial charge on any atom is 0.323 e. The largest absolute Gasteiger partial charge is 0.481 e. The van der Waals surface area contributed by atoms with Crippen molar-refractivity contribution in [2.24, 2.45) is 11.3 Å². The van der Waals surface area contributed by atoms with E-state index in [1.54, 1.807) is 12.1 Å². The van der Waals surface area contributed by atoms with E-state index in [2.05, 4.69) is 22.0 Å². The van der Waals surface area contributed by atoms with Crippen LogP contribution in [0.15, 0.2) is 72.8 Å². The van der Waals surface area contributed by atoms with Crippen molar-refractivity contribution in [2.75, 3.05) is 10.6 Å². The van der Waals surface area contributed by atoms with Gasteiger partial charge in [-0.15, -0.1) is 0 Å². The number of hydrogen-bond acceptors (Lipinski definition) is 3. The van der Waals surface area contributed by atoms with Gasteiger partial charge in [-0.25, -0.2) is 4.79 Å². The van der Waals surface area contributed by atoms with E-state index >= 15 is 0 Å². The summed E-state index contributed by atoms with van der Waals surface area (Å²) in [5, 5.41) is 20.1. The van der Waals surface area contributed by atoms with Gasteiger partial charge in [-0.2, -0.15) is 0 Å². The zero-order valence-electron chi connectivity index (χ0n) is 21.7. The zero-order valence-corrected chi connectivity index (χ0v) is 21.7. The minimum Gasteiger partial charge on any atom is -0.481 e. The molecule has 0 spiro atoms. The second-order valence-corrected chi connectivity index (χ2v) is 10.4. The highest BCUT2D eigenvalue weighted by atomic mass is 16.4. The zero-order chi connectivity index (χ0) is 27.0. The summed E-state index contributed by atoms with van der Waals surface area (Å²) in [6.07, 6.45) is 8.53. The minimum absolute atomic E-state index is 0.191. The van der Waals surface area contributed by atoms with E-state index in [9.17, 15) is 19.5 Å². The Balaban J connectivity index is 1.45. The van der Waals surface area contributed by atoms with E-state index in [1.165, 1.54) is 0 Å². The lowest BCUT2D eigenvalue weighted by Crippen LogP contribution is -2.43. The smallest absolute Gasteiger partial charge is 0.323 e. The predicted octanol–water partition coefficient (Wildman–Crippen LogP) is 6.11. The summed E-state index contributed by atoms with van der Waals surface area (Å²) in [5.74, 6) is -1.19. The number of carboxylic acid groups (broad SMARTS) is 1. The molecule has 3 atom stereocenters. The Morgan fingerprint density at radius 1 is 0.974 bits per heavy atom. The number of allylic oxidation sites excluding steroid dienone is 3. The van der Waals surface area contributed by atoms with Crippen molar-refractivity contribution in [2.45, 2.75) is 39.7 Å². The molecule has 2 unspecified atom stereocenters. The number of rotatable bonds is 7. The molecule has 0 heterocycles. The van der Waals surface area contributed by atoms with Gasteiger partial charge in [0.15, 0.2) is 0 Å². The van der Waals surface area contributed by atoms with E-state index in [-0.39, 0.29) is 17.9 Å². The number of anilines is 2. The van der Waals surface area contributed by atoms with Crippen LogP contribution in [0.3, 0.4) is 0 Å². The fraction of sp³-hybridized carbons (Fsp3) is 0.258. The van der Waals surface area contributed by atoms with Gasteiger partial charge in [-0.05, 0) is 67.1 Å². The van der Waals surface area contributed by atoms with Gasteiger partial charge in [0.25, 0.3) is 5.91 Å². The Labute approximate surface area is 221 Å². The first-order valence-corrected chi connectivity index (χ1v) is 12.7. The SMILES string of the molecule is Cc1cc(C)c(NC(=O)Nc2cc3ccccc3cc2C(=O)N[C@H](CC(=O)O)C23C=CC=CC2C3)c(C)c1. The van der Waals surface area contributed by atoms with Gasteiger partial charge >= 0.3 is 12.0 Å². The first-order chi connectivity index (χ1) is 18.2. The molecule has 3 amide bonds. The lowest BCUT2D eigenvalue weighted by molar-refractivity contribution is -0.137. The molecule has 7 nitrogen and oxygen atoms in total. The van der Waals surface area contributed by atoms with Crippen LogP contribution in [0.1, 0.15) is 39.9 Å². The topological polar surface area (TPSA) is 108 Å². The van der Waals surface area contributed by atoms with E-state index in [1.807, 2.05) is 75.4 Å². The first-order valence-electron chi connectivity index (χ1n) is 12.7. The molecule has 0 aromatic heterocycles. The van der Waals surface area contributed by atoms with Gasteiger partial charge in [0, 0.05) is 17.1 Å². The summed E-state index contributed by atoms with van der Waals surface area (Å²) in [4.78, 5) is 38.5. The number of carboxylic acids is 1. The van der Waals surface area contributed by atoms with Crippen molar-refractivity contribution < 1.29 is 19.5 Å². The highest BCUT2D eigenvalue weighted by Crippen LogP contribution is 2.59. The average Bonchev–Trinajstić information content (AvgIpc) is 3.61. The number of urea groups is 1. The lowest BCUT2D eigenvalue weighted by Gasteiger charge is -2.27. The molecule has 0 bridgehead atoms. The van der Waals surface area contributed by atoms with E-state index in [0.29, 0.717) is 5.69 Å². The number of amides is 3. The molecule has 1 saturated carbocycles. The summed E-state index contributed by atoms with van der Waals surface area (Å²) >= 11 is 0. The fourth-order valence-electron chi connectivity index (χ4n) is 5.67. The number of carbonyl (C=O) groups excluding carboxylic acids is 2. The molecule has 5 rings (SSSR count). The number of fused-ring (bicyclic) bond motifs is 2. The second kappa shape index (κ2) is 9.82. The molecule has 0 radical (unpaired) electrons. The molecule has 0 aliphatic heterocycles. The maximum atomic E-state index is 13.7. The molecule has 7 heteroatoms. The van der Waals surface area contributed by atoms with Gasteiger partial charge in [0.05, 0.1) is 17.7 Å². The molecular weight excluding hydrogens is 478 g/mol. The molecule has 2 aliphatic rings. The fourth-order valence-corrected chi connectivity index (χ4v) is 5.67. The van der Waals surface area contributed by atoms with Gasteiger partial charge < -0.3 is 21.1 Å². The number of nitrogens with one attached hydrogen (secondary N) is 3. The molecule has 4 N–H and O–H groups in total. The van der Waals surface area contributed by atoms with Crippen molar-refractivity contribution in [3.05, 3.63) is 95.1 Å². The van der Waals surface area contributed by atoms with Crippen LogP contribution in [0.4, 0.5) is 16.2 Å². The summed E-state index contributed by atoms with van der Waals surface area (Å²) in [6, 6.07) is 14.0. The Morgan fingerprint density at radius 2 is 1.66 bits per heavy atom. The molecule has 1 fully saturated rings. The third kappa shape index (κ3) is 4.92. The molecule has 3 aromatic carbocycles. The van der Waals surface area contributed by atoms with E-state index in [0.717, 1.165) is 39.6 Å². The standard InChI is InChI=1S/C31H31N3O4/c1-18-12-19(2)28(20(3)13-18)34-30(38)32-25-15-22-9-5-4-8-21(22)14-24(25)29(37)33-26(16-27(35)36)31-11-7-6-10-23(31)17-31/h4-15,23,26H,16-17H2,1-3H3,(H,33,37)(H,35,36)(H2,32,34,38)/t23?,26-,31?/m1/s1. The van der Waals surface area contributed by atoms with Gasteiger partial charge in [0.1, 0.15) is 0 Å². The van der Waals surface area contributed by atoms with Crippen LogP contribution in [0.5, 0.6) is 0 Å². The molecule has 0 saturated heterocycles. The Hall–Kier alpha value is -4.39. The number of carbonyl (C=O) groups is 3. The normalized spacial score (nSPS) is 19.9. The van der Waals surface area contributed by atoms with Crippen molar-refractivity contribution >= 4 is 40.1 Å². The van der Waals surface area contributed by atoms with Crippen molar-refractivity contribution in [1.29, 1.82) is 0 Å². The second-order valence-electron chi connectivity index (χ2n) is 10.4. The third-order valence-electron chi connectivity index (χ3n) is 7.59. The highest BCUT2D eigenvalue weighted by molar-refractivity contribution is 6.10. The van der Waals surface area contributed by atoms with Crippen LogP contribution in [0.2, 0.25) is 0 Å². The van der Waals surface area contributed by atoms with Crippen LogP contribution in [-0.2, 0) is 4.79 Å². The minimum atomic E-state index is -0.974. The quantitative estimate of drug-likeness (QED) is 0.308. The molecule has 194 valence electrons. The van der Waals surface area contributed by atoms with Gasteiger partial charge in [0.2, 0.25) is 0 Å². The van der Waals surface area contributed by atoms with Crippen molar-refractivity contribution in [1.82, 2.24) is 5.32 Å². The highest BCUT2D eigenvalue weighted by Gasteiger charge is 2.57. The first kappa shape index (κ1) is 25.3. The van der Waals surface area contributed by atoms with Crippen LogP contribution in [0, 0.1) is 32.1 Å². The van der Waals surface area contributed by atoms with Crippen molar-refractivity contribution in [3.8, 4) is 0 Å². The lowest BCUT2D eigenvalue weighted by atomic mass is 9.88. The number of aliphatic carboxylic acids is 1. The third-order valence-corrected chi connectivity index (χ3v) is 7.59. The van der Waals surface area contributed by atoms with Crippen LogP contribution < -0.4 is 16.0 Å². The van der Waals surface area contributed by atoms with E-state index < -0.39 is 29.4 Å². The number of hydrogen-bond donors (Lipinski definition) is 4. The Bertz CT molecular complexity index is 1500. The predicted molar refractivity (Wildman–Crippen MR) is 150 cm³/mol. The monoisotopic (exact) mass is 509 g/mol. The van der Waals surface area contributed by atoms with Gasteiger partial charge in [-0.3, -0.25) is 9.59 Å². The Morgan fingerprint density at radius 3 is 2.32 bits per heavy atom.